The summed E-state index contributed by atoms with van der Waals surface area (Å²) in [5.41, 5.74) is 7.78. The molecule has 0 aromatic carbocycles. The number of nitrogens with two attached hydrogens (primary N) is 1. The van der Waals surface area contributed by atoms with Crippen molar-refractivity contribution in [1.29, 1.82) is 0 Å². The lowest BCUT2D eigenvalue weighted by molar-refractivity contribution is -0.122. The Balaban J connectivity index is 2.30. The molecular weight excluding hydrogens is 148 g/mol. The number of carbonyl (C=O) groups excluding carboxylic acids is 1. The topological polar surface area (TPSA) is 104 Å². The third-order valence-corrected chi connectivity index (χ3v) is 1.48. The number of nitrogens with one attached hydrogen (secondary N) is 2. The third kappa shape index (κ3) is 0.810. The van der Waals surface area contributed by atoms with Gasteiger partial charge < -0.3 is 5.73 Å². The standard InChI is InChI=1S/C4H6N6O/c5-4-6-2-1(3(11)7-4)8-10-9-2/h1-2H,(H,8,9)(H3,5,6,7,11)/t1-,2+/m1/s1. The Bertz CT molecular complexity index is 257. The molecule has 2 aliphatic heterocycles. The van der Waals surface area contributed by atoms with Gasteiger partial charge in [0.05, 0.1) is 0 Å². The largest absolute Gasteiger partial charge is 0.370 e. The highest BCUT2D eigenvalue weighted by molar-refractivity contribution is 6.01. The number of aliphatic imine (C=N–C) groups is 1. The van der Waals surface area contributed by atoms with Crippen LogP contribution in [-0.2, 0) is 4.79 Å². The predicted molar refractivity (Wildman–Crippen MR) is 35.3 cm³/mol. The Morgan fingerprint density at radius 1 is 1.55 bits per heavy atom. The van der Waals surface area contributed by atoms with Crippen LogP contribution in [-0.4, -0.2) is 24.1 Å². The lowest BCUT2D eigenvalue weighted by atomic mass is 10.2. The number of nitrogens with zero attached hydrogens (tertiary/aromatic N) is 3. The Labute approximate surface area is 61.7 Å². The Kier molecular flexibility index (Phi) is 1.05. The fraction of sp³-hybridized carbons (Fsp3) is 0.500. The molecule has 0 radical (unpaired) electrons. The van der Waals surface area contributed by atoms with Gasteiger partial charge in [0, 0.05) is 0 Å². The van der Waals surface area contributed by atoms with Gasteiger partial charge in [-0.25, -0.2) is 4.99 Å². The van der Waals surface area contributed by atoms with Gasteiger partial charge in [-0.2, -0.15) is 0 Å². The normalized spacial score (nSPS) is 33.8. The molecule has 7 nitrogen and oxygen atoms in total. The molecule has 0 aromatic heterocycles. The summed E-state index contributed by atoms with van der Waals surface area (Å²) in [6.45, 7) is 0. The molecule has 11 heavy (non-hydrogen) atoms. The van der Waals surface area contributed by atoms with Gasteiger partial charge in [-0.1, -0.05) is 5.22 Å². The van der Waals surface area contributed by atoms with Gasteiger partial charge in [-0.15, -0.1) is 5.11 Å². The van der Waals surface area contributed by atoms with Gasteiger partial charge in [-0.05, 0) is 0 Å². The van der Waals surface area contributed by atoms with Gasteiger partial charge in [-0.3, -0.25) is 15.5 Å². The van der Waals surface area contributed by atoms with Crippen molar-refractivity contribution in [3.05, 3.63) is 0 Å². The maximum absolute atomic E-state index is 11.0. The molecule has 0 unspecified atom stereocenters. The Hall–Kier alpha value is -1.66. The minimum Gasteiger partial charge on any atom is -0.370 e. The maximum atomic E-state index is 11.0. The van der Waals surface area contributed by atoms with Crippen LogP contribution in [0.25, 0.3) is 0 Å². The zero-order valence-corrected chi connectivity index (χ0v) is 5.48. The summed E-state index contributed by atoms with van der Waals surface area (Å²) >= 11 is 0. The van der Waals surface area contributed by atoms with Crippen molar-refractivity contribution in [2.24, 2.45) is 21.1 Å². The smallest absolute Gasteiger partial charge is 0.255 e. The maximum Gasteiger partial charge on any atom is 0.255 e. The van der Waals surface area contributed by atoms with Crippen LogP contribution >= 0.6 is 0 Å². The summed E-state index contributed by atoms with van der Waals surface area (Å²) < 4.78 is 0. The van der Waals surface area contributed by atoms with Crippen LogP contribution in [0.3, 0.4) is 0 Å². The Morgan fingerprint density at radius 2 is 2.36 bits per heavy atom. The fourth-order valence-corrected chi connectivity index (χ4v) is 0.961. The molecular formula is C4H6N6O. The number of rotatable bonds is 0. The van der Waals surface area contributed by atoms with E-state index in [0.29, 0.717) is 0 Å². The second-order valence-electron chi connectivity index (χ2n) is 2.24. The molecule has 0 saturated carbocycles. The van der Waals surface area contributed by atoms with Crippen LogP contribution < -0.4 is 16.5 Å². The van der Waals surface area contributed by atoms with E-state index >= 15 is 0 Å². The molecule has 0 bridgehead atoms. The highest BCUT2D eigenvalue weighted by Crippen LogP contribution is 2.10. The van der Waals surface area contributed by atoms with Crippen molar-refractivity contribution in [3.63, 3.8) is 0 Å². The van der Waals surface area contributed by atoms with E-state index in [0.717, 1.165) is 0 Å². The molecule has 0 saturated heterocycles. The van der Waals surface area contributed by atoms with Crippen LogP contribution in [0.15, 0.2) is 15.3 Å². The molecule has 7 heteroatoms. The van der Waals surface area contributed by atoms with Crippen molar-refractivity contribution in [1.82, 2.24) is 10.7 Å². The molecule has 2 aliphatic rings. The molecule has 2 atom stereocenters. The van der Waals surface area contributed by atoms with Gasteiger partial charge in [0.1, 0.15) is 0 Å². The van der Waals surface area contributed by atoms with E-state index in [1.54, 1.807) is 0 Å². The number of guanidine groups is 1. The monoisotopic (exact) mass is 154 g/mol. The van der Waals surface area contributed by atoms with Crippen LogP contribution in [0.4, 0.5) is 0 Å². The van der Waals surface area contributed by atoms with E-state index < -0.39 is 12.2 Å². The van der Waals surface area contributed by atoms with E-state index in [4.69, 9.17) is 5.73 Å². The molecule has 0 fully saturated rings. The van der Waals surface area contributed by atoms with Crippen LogP contribution in [0, 0.1) is 0 Å². The van der Waals surface area contributed by atoms with Crippen molar-refractivity contribution in [2.45, 2.75) is 12.2 Å². The fourth-order valence-electron chi connectivity index (χ4n) is 0.961. The number of amides is 1. The molecule has 58 valence electrons. The SMILES string of the molecule is NC1=N[C@H]2N=NN[C@H]2C(=O)N1. The van der Waals surface area contributed by atoms with E-state index in [1.165, 1.54) is 0 Å². The van der Waals surface area contributed by atoms with Gasteiger partial charge in [0.2, 0.25) is 0 Å². The number of carbonyl (C=O) groups is 1. The molecule has 0 aromatic rings. The van der Waals surface area contributed by atoms with Crippen molar-refractivity contribution < 1.29 is 4.79 Å². The number of hydrogen-bond donors (Lipinski definition) is 3. The molecule has 1 amide bonds. The quantitative estimate of drug-likeness (QED) is 0.379. The van der Waals surface area contributed by atoms with Gasteiger partial charge in [0.25, 0.3) is 5.91 Å². The van der Waals surface area contributed by atoms with Crippen LogP contribution in [0.5, 0.6) is 0 Å². The van der Waals surface area contributed by atoms with Crippen molar-refractivity contribution in [2.75, 3.05) is 0 Å². The summed E-state index contributed by atoms with van der Waals surface area (Å²) in [7, 11) is 0. The highest BCUT2D eigenvalue weighted by Gasteiger charge is 2.35. The average Bonchev–Trinajstić information content (AvgIpc) is 2.34. The number of fused-ring (bicyclic) bond motifs is 1. The molecule has 4 N–H and O–H groups in total. The lowest BCUT2D eigenvalue weighted by Gasteiger charge is -2.18. The van der Waals surface area contributed by atoms with E-state index in [2.05, 4.69) is 26.1 Å². The van der Waals surface area contributed by atoms with E-state index in [9.17, 15) is 4.79 Å². The summed E-state index contributed by atoms with van der Waals surface area (Å²) in [5, 5.41) is 9.47. The second-order valence-corrected chi connectivity index (χ2v) is 2.24. The summed E-state index contributed by atoms with van der Waals surface area (Å²) in [6.07, 6.45) is -0.483. The Morgan fingerprint density at radius 3 is 3.18 bits per heavy atom. The number of hydrogen-bond acceptors (Lipinski definition) is 6. The molecule has 0 spiro atoms. The third-order valence-electron chi connectivity index (χ3n) is 1.48. The summed E-state index contributed by atoms with van der Waals surface area (Å²) in [6, 6.07) is -0.484. The summed E-state index contributed by atoms with van der Waals surface area (Å²) in [4.78, 5) is 14.9. The lowest BCUT2D eigenvalue weighted by Crippen LogP contribution is -2.54. The first-order chi connectivity index (χ1) is 5.27. The van der Waals surface area contributed by atoms with Crippen molar-refractivity contribution >= 4 is 11.9 Å². The first-order valence-electron chi connectivity index (χ1n) is 3.07. The minimum atomic E-state index is -0.484. The minimum absolute atomic E-state index is 0.0962. The van der Waals surface area contributed by atoms with Gasteiger partial charge >= 0.3 is 0 Å². The van der Waals surface area contributed by atoms with Crippen molar-refractivity contribution in [3.8, 4) is 0 Å². The first-order valence-corrected chi connectivity index (χ1v) is 3.07. The van der Waals surface area contributed by atoms with Crippen LogP contribution in [0.1, 0.15) is 0 Å². The summed E-state index contributed by atoms with van der Waals surface area (Å²) in [5.74, 6) is -0.147. The average molecular weight is 154 g/mol. The first kappa shape index (κ1) is 6.08. The highest BCUT2D eigenvalue weighted by atomic mass is 16.2. The van der Waals surface area contributed by atoms with Crippen LogP contribution in [0.2, 0.25) is 0 Å². The van der Waals surface area contributed by atoms with Gasteiger partial charge in [0.15, 0.2) is 18.2 Å². The molecule has 2 rings (SSSR count). The second kappa shape index (κ2) is 1.91. The predicted octanol–water partition coefficient (Wildman–Crippen LogP) is -1.90. The van der Waals surface area contributed by atoms with E-state index in [1.807, 2.05) is 0 Å². The zero-order valence-electron chi connectivity index (χ0n) is 5.48. The molecule has 0 aliphatic carbocycles. The van der Waals surface area contributed by atoms with E-state index in [-0.39, 0.29) is 11.9 Å². The molecule has 2 heterocycles. The zero-order chi connectivity index (χ0) is 7.84.